The summed E-state index contributed by atoms with van der Waals surface area (Å²) >= 11 is 6.96. The van der Waals surface area contributed by atoms with Crippen molar-refractivity contribution in [2.45, 2.75) is 39.3 Å². The lowest BCUT2D eigenvalue weighted by atomic mass is 10.2. The predicted octanol–water partition coefficient (Wildman–Crippen LogP) is 4.32. The molecule has 126 valence electrons. The molecular weight excluding hydrogens is 406 g/mol. The van der Waals surface area contributed by atoms with Crippen molar-refractivity contribution in [3.8, 4) is 0 Å². The molecule has 0 bridgehead atoms. The van der Waals surface area contributed by atoms with Gasteiger partial charge < -0.3 is 4.98 Å². The van der Waals surface area contributed by atoms with Crippen LogP contribution in [0, 0.1) is 0 Å². The van der Waals surface area contributed by atoms with E-state index in [1.807, 2.05) is 0 Å². The summed E-state index contributed by atoms with van der Waals surface area (Å²) in [6, 6.07) is 4.22. The fourth-order valence-electron chi connectivity index (χ4n) is 3.27. The third-order valence-electron chi connectivity index (χ3n) is 4.45. The van der Waals surface area contributed by atoms with Crippen molar-refractivity contribution in [3.05, 3.63) is 47.4 Å². The van der Waals surface area contributed by atoms with Gasteiger partial charge in [0, 0.05) is 16.3 Å². The van der Waals surface area contributed by atoms with E-state index in [-0.39, 0.29) is 5.56 Å². The van der Waals surface area contributed by atoms with Gasteiger partial charge in [-0.3, -0.25) is 9.69 Å². The van der Waals surface area contributed by atoms with Gasteiger partial charge in [-0.15, -0.1) is 22.7 Å². The van der Waals surface area contributed by atoms with Crippen LogP contribution in [0.15, 0.2) is 20.7 Å². The van der Waals surface area contributed by atoms with Crippen LogP contribution in [0.5, 0.6) is 0 Å². The number of thiophene rings is 2. The van der Waals surface area contributed by atoms with Crippen molar-refractivity contribution in [3.63, 3.8) is 0 Å². The van der Waals surface area contributed by atoms with Crippen LogP contribution in [0.1, 0.15) is 34.5 Å². The van der Waals surface area contributed by atoms with E-state index in [0.717, 1.165) is 52.2 Å². The van der Waals surface area contributed by atoms with Crippen LogP contribution >= 0.6 is 38.6 Å². The molecule has 3 heterocycles. The number of hydrogen-bond acceptors (Lipinski definition) is 5. The Balaban J connectivity index is 1.60. The molecule has 4 nitrogen and oxygen atoms in total. The minimum Gasteiger partial charge on any atom is -0.309 e. The van der Waals surface area contributed by atoms with Crippen LogP contribution in [0.3, 0.4) is 0 Å². The topological polar surface area (TPSA) is 49.0 Å². The Morgan fingerprint density at radius 3 is 2.92 bits per heavy atom. The Hall–Kier alpha value is -1.02. The van der Waals surface area contributed by atoms with Crippen molar-refractivity contribution >= 4 is 48.8 Å². The Morgan fingerprint density at radius 2 is 2.17 bits per heavy atom. The number of rotatable bonds is 5. The van der Waals surface area contributed by atoms with E-state index in [9.17, 15) is 4.79 Å². The SMILES string of the molecule is CCN(Cc1nc2sc3c(c2c(=O)[nH]1)CCC3)Cc1ccc(Br)s1. The molecule has 4 rings (SSSR count). The van der Waals surface area contributed by atoms with E-state index >= 15 is 0 Å². The second-order valence-electron chi connectivity index (χ2n) is 6.06. The van der Waals surface area contributed by atoms with E-state index in [4.69, 9.17) is 4.98 Å². The quantitative estimate of drug-likeness (QED) is 0.664. The summed E-state index contributed by atoms with van der Waals surface area (Å²) < 4.78 is 1.15. The number of nitrogens with one attached hydrogen (secondary N) is 1. The van der Waals surface area contributed by atoms with E-state index in [0.29, 0.717) is 6.54 Å². The molecule has 1 N–H and O–H groups in total. The number of fused-ring (bicyclic) bond motifs is 3. The van der Waals surface area contributed by atoms with Crippen molar-refractivity contribution in [2.24, 2.45) is 0 Å². The molecule has 0 spiro atoms. The van der Waals surface area contributed by atoms with Crippen LogP contribution in [0.25, 0.3) is 10.2 Å². The van der Waals surface area contributed by atoms with Gasteiger partial charge >= 0.3 is 0 Å². The Morgan fingerprint density at radius 1 is 1.29 bits per heavy atom. The highest BCUT2D eigenvalue weighted by atomic mass is 79.9. The first kappa shape index (κ1) is 16.4. The first-order valence-corrected chi connectivity index (χ1v) is 10.6. The maximum atomic E-state index is 12.5. The number of nitrogens with zero attached hydrogens (tertiary/aromatic N) is 2. The lowest BCUT2D eigenvalue weighted by Gasteiger charge is -2.18. The molecule has 0 saturated carbocycles. The molecule has 0 atom stereocenters. The lowest BCUT2D eigenvalue weighted by Crippen LogP contribution is -2.25. The highest BCUT2D eigenvalue weighted by Crippen LogP contribution is 2.34. The number of aromatic nitrogens is 2. The first-order chi connectivity index (χ1) is 11.6. The van der Waals surface area contributed by atoms with Crippen LogP contribution in [-0.4, -0.2) is 21.4 Å². The van der Waals surface area contributed by atoms with Gasteiger partial charge in [-0.1, -0.05) is 6.92 Å². The average Bonchev–Trinajstić information content (AvgIpc) is 3.22. The summed E-state index contributed by atoms with van der Waals surface area (Å²) in [7, 11) is 0. The highest BCUT2D eigenvalue weighted by molar-refractivity contribution is 9.11. The average molecular weight is 424 g/mol. The zero-order chi connectivity index (χ0) is 16.7. The van der Waals surface area contributed by atoms with Gasteiger partial charge in [-0.05, 0) is 59.4 Å². The van der Waals surface area contributed by atoms with Gasteiger partial charge in [-0.2, -0.15) is 0 Å². The predicted molar refractivity (Wildman–Crippen MR) is 104 cm³/mol. The minimum atomic E-state index is 0.0318. The molecule has 0 amide bonds. The maximum absolute atomic E-state index is 12.5. The van der Waals surface area contributed by atoms with Crippen LogP contribution in [0.4, 0.5) is 0 Å². The second-order valence-corrected chi connectivity index (χ2v) is 9.69. The minimum absolute atomic E-state index is 0.0318. The molecular formula is C17H18BrN3OS2. The van der Waals surface area contributed by atoms with Crippen molar-refractivity contribution in [1.29, 1.82) is 0 Å². The summed E-state index contributed by atoms with van der Waals surface area (Å²) in [5.74, 6) is 0.768. The third kappa shape index (κ3) is 3.10. The molecule has 24 heavy (non-hydrogen) atoms. The fourth-order valence-corrected chi connectivity index (χ4v) is 6.08. The summed E-state index contributed by atoms with van der Waals surface area (Å²) in [4.78, 5) is 26.2. The first-order valence-electron chi connectivity index (χ1n) is 8.14. The normalized spacial score (nSPS) is 14.0. The molecule has 0 aromatic carbocycles. The Labute approximate surface area is 156 Å². The van der Waals surface area contributed by atoms with Gasteiger partial charge in [0.1, 0.15) is 10.7 Å². The monoisotopic (exact) mass is 423 g/mol. The number of H-pyrrole nitrogens is 1. The molecule has 3 aromatic rings. The zero-order valence-electron chi connectivity index (χ0n) is 13.4. The highest BCUT2D eigenvalue weighted by Gasteiger charge is 2.21. The smallest absolute Gasteiger partial charge is 0.259 e. The van der Waals surface area contributed by atoms with E-state index in [1.165, 1.54) is 15.3 Å². The fraction of sp³-hybridized carbons (Fsp3) is 0.412. The molecule has 1 aliphatic carbocycles. The van der Waals surface area contributed by atoms with Crippen LogP contribution in [-0.2, 0) is 25.9 Å². The number of aryl methyl sites for hydroxylation is 2. The molecule has 0 saturated heterocycles. The number of hydrogen-bond donors (Lipinski definition) is 1. The molecule has 0 aliphatic heterocycles. The van der Waals surface area contributed by atoms with E-state index in [2.05, 4.69) is 44.9 Å². The van der Waals surface area contributed by atoms with Gasteiger partial charge in [0.2, 0.25) is 0 Å². The molecule has 1 aliphatic rings. The summed E-state index contributed by atoms with van der Waals surface area (Å²) in [6.45, 7) is 4.59. The standard InChI is InChI=1S/C17H18BrN3OS2/c1-2-21(8-10-6-7-13(18)23-10)9-14-19-16(22)15-11-4-3-5-12(11)24-17(15)20-14/h6-7H,2-5,8-9H2,1H3,(H,19,20,22). The van der Waals surface area contributed by atoms with Crippen molar-refractivity contribution < 1.29 is 0 Å². The molecule has 7 heteroatoms. The molecule has 0 unspecified atom stereocenters. The van der Waals surface area contributed by atoms with Crippen molar-refractivity contribution in [2.75, 3.05) is 6.54 Å². The van der Waals surface area contributed by atoms with Crippen LogP contribution < -0.4 is 5.56 Å². The summed E-state index contributed by atoms with van der Waals surface area (Å²) in [6.07, 6.45) is 3.28. The third-order valence-corrected chi connectivity index (χ3v) is 7.25. The van der Waals surface area contributed by atoms with Gasteiger partial charge in [0.25, 0.3) is 5.56 Å². The van der Waals surface area contributed by atoms with Gasteiger partial charge in [0.15, 0.2) is 0 Å². The van der Waals surface area contributed by atoms with Crippen molar-refractivity contribution in [1.82, 2.24) is 14.9 Å². The maximum Gasteiger partial charge on any atom is 0.259 e. The Kier molecular flexibility index (Phi) is 4.60. The molecule has 0 radical (unpaired) electrons. The molecule has 3 aromatic heterocycles. The van der Waals surface area contributed by atoms with Crippen LogP contribution in [0.2, 0.25) is 0 Å². The summed E-state index contributed by atoms with van der Waals surface area (Å²) in [5.41, 5.74) is 1.27. The molecule has 0 fully saturated rings. The Bertz CT molecular complexity index is 943. The van der Waals surface area contributed by atoms with E-state index < -0.39 is 0 Å². The lowest BCUT2D eigenvalue weighted by molar-refractivity contribution is 0.267. The van der Waals surface area contributed by atoms with Gasteiger partial charge in [0.05, 0.1) is 15.7 Å². The van der Waals surface area contributed by atoms with E-state index in [1.54, 1.807) is 22.7 Å². The largest absolute Gasteiger partial charge is 0.309 e. The summed E-state index contributed by atoms with van der Waals surface area (Å²) in [5, 5.41) is 0.835. The number of halogens is 1. The zero-order valence-corrected chi connectivity index (χ0v) is 16.6. The second kappa shape index (κ2) is 6.71. The number of aromatic amines is 1. The van der Waals surface area contributed by atoms with Gasteiger partial charge in [-0.25, -0.2) is 4.98 Å².